The van der Waals surface area contributed by atoms with E-state index < -0.39 is 6.10 Å². The number of piperidine rings is 1. The molecule has 1 aromatic heterocycles. The number of carbonyl (C=O) groups is 1. The number of rotatable bonds is 4. The Labute approximate surface area is 141 Å². The summed E-state index contributed by atoms with van der Waals surface area (Å²) in [5.74, 6) is 0.901. The average molecular weight is 326 g/mol. The molecule has 5 nitrogen and oxygen atoms in total. The van der Waals surface area contributed by atoms with Gasteiger partial charge in [0.2, 0.25) is 0 Å². The number of likely N-dealkylation sites (tertiary alicyclic amines) is 1. The molecule has 3 rings (SSSR count). The van der Waals surface area contributed by atoms with Gasteiger partial charge in [-0.25, -0.2) is 0 Å². The number of carbonyl (C=O) groups excluding carboxylic acids is 1. The molecule has 1 saturated heterocycles. The van der Waals surface area contributed by atoms with Gasteiger partial charge in [0.1, 0.15) is 12.4 Å². The van der Waals surface area contributed by atoms with Crippen LogP contribution < -0.4 is 4.74 Å². The number of aliphatic hydroxyl groups excluding tert-OH is 1. The van der Waals surface area contributed by atoms with Crippen LogP contribution in [0.4, 0.5) is 0 Å². The normalized spacial score (nSPS) is 20.7. The van der Waals surface area contributed by atoms with Gasteiger partial charge < -0.3 is 14.7 Å². The number of aromatic nitrogens is 1. The Morgan fingerprint density at radius 2 is 2.08 bits per heavy atom. The fraction of sp³-hybridized carbons (Fsp3) is 0.368. The van der Waals surface area contributed by atoms with Gasteiger partial charge >= 0.3 is 0 Å². The summed E-state index contributed by atoms with van der Waals surface area (Å²) in [6.45, 7) is 3.50. The minimum absolute atomic E-state index is 0.0442. The SMILES string of the molecule is CC1CCN(C(=O)c2ccc(OCc3ccccn3)cc2)CC1O. The molecule has 0 saturated carbocycles. The zero-order chi connectivity index (χ0) is 16.9. The standard InChI is InChI=1S/C19H22N2O3/c1-14-9-11-21(12-18(14)22)19(23)15-5-7-17(8-6-15)24-13-16-4-2-3-10-20-16/h2-8,10,14,18,22H,9,11-13H2,1H3. The minimum Gasteiger partial charge on any atom is -0.487 e. The summed E-state index contributed by atoms with van der Waals surface area (Å²) in [5.41, 5.74) is 1.47. The van der Waals surface area contributed by atoms with Gasteiger partial charge in [0.15, 0.2) is 0 Å². The predicted molar refractivity (Wildman–Crippen MR) is 90.7 cm³/mol. The summed E-state index contributed by atoms with van der Waals surface area (Å²) in [7, 11) is 0. The van der Waals surface area contributed by atoms with Gasteiger partial charge in [-0.2, -0.15) is 0 Å². The fourth-order valence-corrected chi connectivity index (χ4v) is 2.75. The third-order valence-corrected chi connectivity index (χ3v) is 4.42. The summed E-state index contributed by atoms with van der Waals surface area (Å²) in [5, 5.41) is 9.95. The maximum atomic E-state index is 12.5. The Bertz CT molecular complexity index is 673. The first-order valence-electron chi connectivity index (χ1n) is 8.23. The number of hydrogen-bond donors (Lipinski definition) is 1. The van der Waals surface area contributed by atoms with Gasteiger partial charge in [0.05, 0.1) is 11.8 Å². The van der Waals surface area contributed by atoms with Crippen molar-refractivity contribution in [1.82, 2.24) is 9.88 Å². The lowest BCUT2D eigenvalue weighted by atomic mass is 9.95. The number of β-amino-alcohol motifs (C(OH)–C–C–N with tert-alkyl or cyclic N) is 1. The highest BCUT2D eigenvalue weighted by Crippen LogP contribution is 2.20. The number of ether oxygens (including phenoxy) is 1. The van der Waals surface area contributed by atoms with Crippen molar-refractivity contribution in [3.05, 3.63) is 59.9 Å². The van der Waals surface area contributed by atoms with Crippen LogP contribution in [0.3, 0.4) is 0 Å². The summed E-state index contributed by atoms with van der Waals surface area (Å²) < 4.78 is 5.68. The molecular formula is C19H22N2O3. The molecule has 1 amide bonds. The summed E-state index contributed by atoms with van der Waals surface area (Å²) in [6, 6.07) is 12.8. The molecule has 0 spiro atoms. The Balaban J connectivity index is 1.59. The van der Waals surface area contributed by atoms with E-state index in [9.17, 15) is 9.90 Å². The molecule has 1 N–H and O–H groups in total. The average Bonchev–Trinajstić information content (AvgIpc) is 2.63. The molecule has 126 valence electrons. The van der Waals surface area contributed by atoms with Crippen LogP contribution in [-0.2, 0) is 6.61 Å². The molecule has 1 fully saturated rings. The van der Waals surface area contributed by atoms with Crippen LogP contribution in [0.1, 0.15) is 29.4 Å². The van der Waals surface area contributed by atoms with E-state index in [4.69, 9.17) is 4.74 Å². The van der Waals surface area contributed by atoms with E-state index in [0.29, 0.717) is 31.0 Å². The largest absolute Gasteiger partial charge is 0.487 e. The summed E-state index contributed by atoms with van der Waals surface area (Å²) in [6.07, 6.45) is 2.12. The molecule has 2 unspecified atom stereocenters. The number of pyridine rings is 1. The minimum atomic E-state index is -0.441. The molecular weight excluding hydrogens is 304 g/mol. The molecule has 1 aliphatic heterocycles. The number of benzene rings is 1. The summed E-state index contributed by atoms with van der Waals surface area (Å²) >= 11 is 0. The van der Waals surface area contributed by atoms with Gasteiger partial charge in [-0.3, -0.25) is 9.78 Å². The second kappa shape index (κ2) is 7.45. The third-order valence-electron chi connectivity index (χ3n) is 4.42. The van der Waals surface area contributed by atoms with Crippen molar-refractivity contribution >= 4 is 5.91 Å². The monoisotopic (exact) mass is 326 g/mol. The Morgan fingerprint density at radius 3 is 2.75 bits per heavy atom. The van der Waals surface area contributed by atoms with Crippen molar-refractivity contribution in [3.8, 4) is 5.75 Å². The third kappa shape index (κ3) is 3.92. The van der Waals surface area contributed by atoms with E-state index in [1.807, 2.05) is 25.1 Å². The molecule has 5 heteroatoms. The molecule has 0 aliphatic carbocycles. The van der Waals surface area contributed by atoms with Crippen LogP contribution in [0, 0.1) is 5.92 Å². The molecule has 1 aromatic carbocycles. The quantitative estimate of drug-likeness (QED) is 0.938. The molecule has 2 heterocycles. The lowest BCUT2D eigenvalue weighted by molar-refractivity contribution is 0.0248. The van der Waals surface area contributed by atoms with Crippen LogP contribution in [0.5, 0.6) is 5.75 Å². The lowest BCUT2D eigenvalue weighted by Crippen LogP contribution is -2.45. The van der Waals surface area contributed by atoms with Crippen LogP contribution in [0.2, 0.25) is 0 Å². The van der Waals surface area contributed by atoms with Crippen molar-refractivity contribution in [2.45, 2.75) is 26.1 Å². The van der Waals surface area contributed by atoms with E-state index in [2.05, 4.69) is 4.98 Å². The number of hydrogen-bond acceptors (Lipinski definition) is 4. The number of nitrogens with zero attached hydrogens (tertiary/aromatic N) is 2. The van der Waals surface area contributed by atoms with Crippen molar-refractivity contribution in [2.75, 3.05) is 13.1 Å². The highest BCUT2D eigenvalue weighted by molar-refractivity contribution is 5.94. The van der Waals surface area contributed by atoms with Crippen LogP contribution in [0.25, 0.3) is 0 Å². The maximum Gasteiger partial charge on any atom is 0.253 e. The van der Waals surface area contributed by atoms with Crippen molar-refractivity contribution in [3.63, 3.8) is 0 Å². The van der Waals surface area contributed by atoms with E-state index in [-0.39, 0.29) is 11.8 Å². The first-order valence-corrected chi connectivity index (χ1v) is 8.23. The molecule has 24 heavy (non-hydrogen) atoms. The second-order valence-electron chi connectivity index (χ2n) is 6.22. The highest BCUT2D eigenvalue weighted by Gasteiger charge is 2.27. The molecule has 0 bridgehead atoms. The number of amides is 1. The Kier molecular flexibility index (Phi) is 5.11. The van der Waals surface area contributed by atoms with E-state index in [1.165, 1.54) is 0 Å². The van der Waals surface area contributed by atoms with E-state index in [0.717, 1.165) is 12.1 Å². The highest BCUT2D eigenvalue weighted by atomic mass is 16.5. The predicted octanol–water partition coefficient (Wildman–Crippen LogP) is 2.50. The lowest BCUT2D eigenvalue weighted by Gasteiger charge is -2.34. The van der Waals surface area contributed by atoms with Gasteiger partial charge in [-0.1, -0.05) is 13.0 Å². The topological polar surface area (TPSA) is 62.7 Å². The zero-order valence-corrected chi connectivity index (χ0v) is 13.8. The van der Waals surface area contributed by atoms with Crippen molar-refractivity contribution in [2.24, 2.45) is 5.92 Å². The Hall–Kier alpha value is -2.40. The second-order valence-corrected chi connectivity index (χ2v) is 6.22. The van der Waals surface area contributed by atoms with Gasteiger partial charge in [-0.05, 0) is 48.7 Å². The van der Waals surface area contributed by atoms with Gasteiger partial charge in [-0.15, -0.1) is 0 Å². The first-order chi connectivity index (χ1) is 11.6. The van der Waals surface area contributed by atoms with Crippen LogP contribution in [0.15, 0.2) is 48.7 Å². The summed E-state index contributed by atoms with van der Waals surface area (Å²) in [4.78, 5) is 18.4. The van der Waals surface area contributed by atoms with Gasteiger partial charge in [0, 0.05) is 24.8 Å². The van der Waals surface area contributed by atoms with Gasteiger partial charge in [0.25, 0.3) is 5.91 Å². The molecule has 2 aromatic rings. The fourth-order valence-electron chi connectivity index (χ4n) is 2.75. The van der Waals surface area contributed by atoms with Crippen LogP contribution in [-0.4, -0.2) is 40.1 Å². The first kappa shape index (κ1) is 16.5. The van der Waals surface area contributed by atoms with E-state index >= 15 is 0 Å². The molecule has 0 radical (unpaired) electrons. The maximum absolute atomic E-state index is 12.5. The molecule has 2 atom stereocenters. The number of aliphatic hydroxyl groups is 1. The van der Waals surface area contributed by atoms with Crippen LogP contribution >= 0.6 is 0 Å². The Morgan fingerprint density at radius 1 is 1.29 bits per heavy atom. The van der Waals surface area contributed by atoms with E-state index in [1.54, 1.807) is 35.4 Å². The smallest absolute Gasteiger partial charge is 0.253 e. The molecule has 1 aliphatic rings. The zero-order valence-electron chi connectivity index (χ0n) is 13.8. The van der Waals surface area contributed by atoms with Crippen molar-refractivity contribution < 1.29 is 14.6 Å². The van der Waals surface area contributed by atoms with Crippen molar-refractivity contribution in [1.29, 1.82) is 0 Å².